The van der Waals surface area contributed by atoms with Crippen LogP contribution in [0, 0.1) is 0 Å². The molecule has 0 spiro atoms. The Labute approximate surface area is 114 Å². The number of aromatic nitrogens is 1. The van der Waals surface area contributed by atoms with Crippen molar-refractivity contribution in [3.8, 4) is 0 Å². The summed E-state index contributed by atoms with van der Waals surface area (Å²) >= 11 is 11.6. The molecule has 1 amide bonds. The Morgan fingerprint density at radius 2 is 2.11 bits per heavy atom. The van der Waals surface area contributed by atoms with Crippen molar-refractivity contribution in [3.05, 3.63) is 22.4 Å². The molecule has 2 heterocycles. The number of amides is 1. The molecular formula is C9H9Cl2N3O3S. The molecule has 2 rings (SSSR count). The van der Waals surface area contributed by atoms with Gasteiger partial charge in [0.15, 0.2) is 5.15 Å². The zero-order valence-electron chi connectivity index (χ0n) is 9.01. The maximum atomic E-state index is 11.8. The van der Waals surface area contributed by atoms with Gasteiger partial charge < -0.3 is 4.90 Å². The van der Waals surface area contributed by atoms with Gasteiger partial charge >= 0.3 is 0 Å². The van der Waals surface area contributed by atoms with Crippen molar-refractivity contribution in [1.82, 2.24) is 4.98 Å². The van der Waals surface area contributed by atoms with Gasteiger partial charge in [-0.05, 0) is 6.07 Å². The third-order valence-electron chi connectivity index (χ3n) is 2.63. The van der Waals surface area contributed by atoms with Crippen molar-refractivity contribution in [2.24, 2.45) is 5.14 Å². The standard InChI is InChI=1S/C9H9Cl2N3O3S/c10-5-1-7(9(11)13-3-5)14-4-6(2-8(14)15)18(12,16)17/h1,3,6H,2,4H2,(H2,12,16,17). The van der Waals surface area contributed by atoms with Gasteiger partial charge in [-0.2, -0.15) is 0 Å². The molecule has 0 radical (unpaired) electrons. The predicted octanol–water partition coefficient (Wildman–Crippen LogP) is 0.782. The van der Waals surface area contributed by atoms with E-state index in [0.29, 0.717) is 10.7 Å². The van der Waals surface area contributed by atoms with Crippen molar-refractivity contribution in [1.29, 1.82) is 0 Å². The summed E-state index contributed by atoms with van der Waals surface area (Å²) in [5.41, 5.74) is 0.292. The smallest absolute Gasteiger partial charge is 0.228 e. The van der Waals surface area contributed by atoms with Crippen LogP contribution in [0.5, 0.6) is 0 Å². The largest absolute Gasteiger partial charge is 0.308 e. The predicted molar refractivity (Wildman–Crippen MR) is 68.1 cm³/mol. The zero-order valence-corrected chi connectivity index (χ0v) is 11.3. The van der Waals surface area contributed by atoms with Crippen molar-refractivity contribution in [3.63, 3.8) is 0 Å². The average Bonchev–Trinajstić information content (AvgIpc) is 2.64. The van der Waals surface area contributed by atoms with Gasteiger partial charge in [-0.3, -0.25) is 4.79 Å². The number of rotatable bonds is 2. The van der Waals surface area contributed by atoms with Crippen molar-refractivity contribution in [2.75, 3.05) is 11.4 Å². The lowest BCUT2D eigenvalue weighted by atomic mass is 10.4. The van der Waals surface area contributed by atoms with Crippen molar-refractivity contribution in [2.45, 2.75) is 11.7 Å². The van der Waals surface area contributed by atoms with E-state index in [-0.39, 0.29) is 24.0 Å². The number of nitrogens with zero attached hydrogens (tertiary/aromatic N) is 2. The lowest BCUT2D eigenvalue weighted by Gasteiger charge is -2.17. The number of anilines is 1. The van der Waals surface area contributed by atoms with Gasteiger partial charge in [-0.15, -0.1) is 0 Å². The van der Waals surface area contributed by atoms with E-state index in [1.54, 1.807) is 0 Å². The van der Waals surface area contributed by atoms with Crippen molar-refractivity contribution >= 4 is 44.8 Å². The number of hydrogen-bond donors (Lipinski definition) is 1. The van der Waals surface area contributed by atoms with Crippen LogP contribution in [-0.4, -0.2) is 31.1 Å². The summed E-state index contributed by atoms with van der Waals surface area (Å²) < 4.78 is 22.5. The molecule has 6 nitrogen and oxygen atoms in total. The molecule has 0 aliphatic carbocycles. The number of halogens is 2. The van der Waals surface area contributed by atoms with E-state index in [1.807, 2.05) is 0 Å². The van der Waals surface area contributed by atoms with E-state index in [2.05, 4.69) is 4.98 Å². The fourth-order valence-corrected chi connectivity index (χ4v) is 2.82. The molecule has 98 valence electrons. The van der Waals surface area contributed by atoms with Gasteiger partial charge in [0.05, 0.1) is 10.7 Å². The summed E-state index contributed by atoms with van der Waals surface area (Å²) in [5.74, 6) is -0.375. The monoisotopic (exact) mass is 309 g/mol. The SMILES string of the molecule is NS(=O)(=O)C1CC(=O)N(c2cc(Cl)cnc2Cl)C1. The van der Waals surface area contributed by atoms with Crippen LogP contribution in [-0.2, 0) is 14.8 Å². The highest BCUT2D eigenvalue weighted by Gasteiger charge is 2.38. The summed E-state index contributed by atoms with van der Waals surface area (Å²) in [7, 11) is -3.76. The van der Waals surface area contributed by atoms with Gasteiger partial charge in [0.1, 0.15) is 5.25 Å². The number of carbonyl (C=O) groups is 1. The highest BCUT2D eigenvalue weighted by Crippen LogP contribution is 2.31. The van der Waals surface area contributed by atoms with E-state index in [1.165, 1.54) is 17.2 Å². The second kappa shape index (κ2) is 4.65. The molecule has 1 atom stereocenters. The molecule has 1 aliphatic rings. The Bertz CT molecular complexity index is 605. The topological polar surface area (TPSA) is 93.4 Å². The Balaban J connectivity index is 2.35. The van der Waals surface area contributed by atoms with Gasteiger partial charge in [-0.1, -0.05) is 23.2 Å². The van der Waals surface area contributed by atoms with Crippen LogP contribution in [0.3, 0.4) is 0 Å². The van der Waals surface area contributed by atoms with E-state index < -0.39 is 15.3 Å². The van der Waals surface area contributed by atoms with E-state index in [4.69, 9.17) is 28.3 Å². The highest BCUT2D eigenvalue weighted by molar-refractivity contribution is 7.89. The summed E-state index contributed by atoms with van der Waals surface area (Å²) in [5, 5.41) is 4.49. The minimum atomic E-state index is -3.76. The first-order chi connectivity index (χ1) is 8.29. The molecule has 18 heavy (non-hydrogen) atoms. The third-order valence-corrected chi connectivity index (χ3v) is 4.38. The molecular weight excluding hydrogens is 301 g/mol. The molecule has 1 aromatic heterocycles. The number of pyridine rings is 1. The Morgan fingerprint density at radius 3 is 2.67 bits per heavy atom. The first-order valence-corrected chi connectivity index (χ1v) is 7.28. The Kier molecular flexibility index (Phi) is 3.50. The van der Waals surface area contributed by atoms with Crippen LogP contribution in [0.2, 0.25) is 10.2 Å². The molecule has 9 heteroatoms. The van der Waals surface area contributed by atoms with E-state index in [0.717, 1.165) is 0 Å². The highest BCUT2D eigenvalue weighted by atomic mass is 35.5. The van der Waals surface area contributed by atoms with Crippen LogP contribution in [0.25, 0.3) is 0 Å². The maximum absolute atomic E-state index is 11.8. The number of carbonyl (C=O) groups excluding carboxylic acids is 1. The van der Waals surface area contributed by atoms with Gasteiger partial charge in [0, 0.05) is 19.2 Å². The quantitative estimate of drug-likeness (QED) is 0.817. The fraction of sp³-hybridized carbons (Fsp3) is 0.333. The van der Waals surface area contributed by atoms with Crippen LogP contribution >= 0.6 is 23.2 Å². The summed E-state index contributed by atoms with van der Waals surface area (Å²) in [6.07, 6.45) is 1.17. The molecule has 1 unspecified atom stereocenters. The van der Waals surface area contributed by atoms with E-state index >= 15 is 0 Å². The second-order valence-electron chi connectivity index (χ2n) is 3.88. The molecule has 1 aliphatic heterocycles. The molecule has 1 aromatic rings. The summed E-state index contributed by atoms with van der Waals surface area (Å²) in [4.78, 5) is 16.8. The van der Waals surface area contributed by atoms with Crippen LogP contribution in [0.4, 0.5) is 5.69 Å². The molecule has 0 aromatic carbocycles. The lowest BCUT2D eigenvalue weighted by Crippen LogP contribution is -2.32. The Morgan fingerprint density at radius 1 is 1.44 bits per heavy atom. The van der Waals surface area contributed by atoms with Gasteiger partial charge in [0.2, 0.25) is 15.9 Å². The molecule has 0 saturated carbocycles. The molecule has 1 fully saturated rings. The number of primary sulfonamides is 1. The summed E-state index contributed by atoms with van der Waals surface area (Å²) in [6, 6.07) is 1.46. The van der Waals surface area contributed by atoms with E-state index in [9.17, 15) is 13.2 Å². The minimum Gasteiger partial charge on any atom is -0.308 e. The van der Waals surface area contributed by atoms with Gasteiger partial charge in [0.25, 0.3) is 0 Å². The summed E-state index contributed by atoms with van der Waals surface area (Å²) in [6.45, 7) is -0.0423. The van der Waals surface area contributed by atoms with Gasteiger partial charge in [-0.25, -0.2) is 18.5 Å². The average molecular weight is 310 g/mol. The van der Waals surface area contributed by atoms with Crippen LogP contribution in [0.15, 0.2) is 12.3 Å². The fourth-order valence-electron chi connectivity index (χ4n) is 1.73. The molecule has 2 N–H and O–H groups in total. The second-order valence-corrected chi connectivity index (χ2v) is 6.52. The first kappa shape index (κ1) is 13.5. The maximum Gasteiger partial charge on any atom is 0.228 e. The zero-order chi connectivity index (χ0) is 13.5. The minimum absolute atomic E-state index is 0.0423. The van der Waals surface area contributed by atoms with Crippen molar-refractivity contribution < 1.29 is 13.2 Å². The normalized spacial score (nSPS) is 20.5. The molecule has 1 saturated heterocycles. The molecule has 0 bridgehead atoms. The van der Waals surface area contributed by atoms with Crippen LogP contribution < -0.4 is 10.0 Å². The number of sulfonamides is 1. The first-order valence-electron chi connectivity index (χ1n) is 4.92. The number of hydrogen-bond acceptors (Lipinski definition) is 4. The Hall–Kier alpha value is -0.890. The lowest BCUT2D eigenvalue weighted by molar-refractivity contribution is -0.117. The van der Waals surface area contributed by atoms with Crippen LogP contribution in [0.1, 0.15) is 6.42 Å². The number of nitrogens with two attached hydrogens (primary N) is 1. The third kappa shape index (κ3) is 2.59.